The minimum atomic E-state index is -3.47. The predicted molar refractivity (Wildman–Crippen MR) is 144 cm³/mol. The van der Waals surface area contributed by atoms with Crippen LogP contribution in [0.5, 0.6) is 0 Å². The van der Waals surface area contributed by atoms with Gasteiger partial charge in [-0.1, -0.05) is 43.0 Å². The van der Waals surface area contributed by atoms with Crippen molar-refractivity contribution in [2.45, 2.75) is 75.0 Å². The standard InChI is InChI=1S/C25H39ClN6O2S/c1-19(2)35(33,34)23-13-7-6-12-22(23)30-24-21(26)17-28-25(31-24)29-20-11-10-16-32(18-20)15-9-5-3-4-8-14-27/h6-7,12-13,17,19-20H,3-5,8-11,14-16,18,27H2,1-2H3,(H2,28,29,30,31). The zero-order valence-electron chi connectivity index (χ0n) is 20.8. The van der Waals surface area contributed by atoms with Crippen molar-refractivity contribution in [1.82, 2.24) is 14.9 Å². The van der Waals surface area contributed by atoms with Crippen molar-refractivity contribution >= 4 is 38.9 Å². The van der Waals surface area contributed by atoms with Crippen molar-refractivity contribution in [3.05, 3.63) is 35.5 Å². The number of nitrogens with two attached hydrogens (primary N) is 1. The molecule has 0 saturated carbocycles. The third kappa shape index (κ3) is 8.03. The summed E-state index contributed by atoms with van der Waals surface area (Å²) >= 11 is 6.36. The first-order chi connectivity index (χ1) is 16.8. The van der Waals surface area contributed by atoms with E-state index < -0.39 is 15.1 Å². The van der Waals surface area contributed by atoms with Gasteiger partial charge in [-0.3, -0.25) is 0 Å². The topological polar surface area (TPSA) is 113 Å². The highest BCUT2D eigenvalue weighted by molar-refractivity contribution is 7.92. The molecule has 1 aliphatic rings. The van der Waals surface area contributed by atoms with Gasteiger partial charge >= 0.3 is 0 Å². The Balaban J connectivity index is 1.62. The SMILES string of the molecule is CC(C)S(=O)(=O)c1ccccc1Nc1nc(NC2CCCN(CCCCCCCN)C2)ncc1Cl. The second-order valence-electron chi connectivity index (χ2n) is 9.45. The van der Waals surface area contributed by atoms with E-state index in [0.29, 0.717) is 22.5 Å². The average Bonchev–Trinajstić information content (AvgIpc) is 2.84. The van der Waals surface area contributed by atoms with Crippen molar-refractivity contribution in [3.63, 3.8) is 0 Å². The zero-order chi connectivity index (χ0) is 25.3. The normalized spacial score (nSPS) is 17.0. The zero-order valence-corrected chi connectivity index (χ0v) is 22.4. The molecule has 0 spiro atoms. The van der Waals surface area contributed by atoms with Crippen LogP contribution in [0.1, 0.15) is 58.8 Å². The molecular formula is C25H39ClN6O2S. The second kappa shape index (κ2) is 13.4. The fraction of sp³-hybridized carbons (Fsp3) is 0.600. The van der Waals surface area contributed by atoms with Crippen molar-refractivity contribution in [2.75, 3.05) is 36.8 Å². The summed E-state index contributed by atoms with van der Waals surface area (Å²) in [5.41, 5.74) is 6.02. The molecule has 1 saturated heterocycles. The van der Waals surface area contributed by atoms with Crippen LogP contribution in [0.15, 0.2) is 35.4 Å². The van der Waals surface area contributed by atoms with Gasteiger partial charge in [0.25, 0.3) is 0 Å². The van der Waals surface area contributed by atoms with E-state index in [1.54, 1.807) is 44.3 Å². The number of piperidine rings is 1. The number of sulfone groups is 1. The number of nitrogens with zero attached hydrogens (tertiary/aromatic N) is 3. The minimum Gasteiger partial charge on any atom is -0.350 e. The van der Waals surface area contributed by atoms with E-state index in [0.717, 1.165) is 45.4 Å². The fourth-order valence-corrected chi connectivity index (χ4v) is 5.63. The Hall–Kier alpha value is -1.94. The first kappa shape index (κ1) is 27.6. The molecule has 3 rings (SSSR count). The Morgan fingerprint density at radius 3 is 2.69 bits per heavy atom. The molecule has 1 aromatic carbocycles. The van der Waals surface area contributed by atoms with E-state index in [1.165, 1.54) is 25.7 Å². The lowest BCUT2D eigenvalue weighted by Crippen LogP contribution is -2.42. The second-order valence-corrected chi connectivity index (χ2v) is 12.3. The number of para-hydroxylation sites is 1. The van der Waals surface area contributed by atoms with E-state index in [-0.39, 0.29) is 10.9 Å². The van der Waals surface area contributed by atoms with Crippen molar-refractivity contribution in [3.8, 4) is 0 Å². The van der Waals surface area contributed by atoms with Gasteiger partial charge in [0.2, 0.25) is 5.95 Å². The number of nitrogens with one attached hydrogen (secondary N) is 2. The summed E-state index contributed by atoms with van der Waals surface area (Å²) in [6.07, 6.45) is 9.77. The molecule has 1 fully saturated rings. The number of aromatic nitrogens is 2. The van der Waals surface area contributed by atoms with Crippen molar-refractivity contribution in [2.24, 2.45) is 5.73 Å². The largest absolute Gasteiger partial charge is 0.350 e. The van der Waals surface area contributed by atoms with Gasteiger partial charge in [0.05, 0.1) is 22.0 Å². The highest BCUT2D eigenvalue weighted by Gasteiger charge is 2.24. The van der Waals surface area contributed by atoms with Crippen LogP contribution < -0.4 is 16.4 Å². The first-order valence-electron chi connectivity index (χ1n) is 12.6. The number of benzene rings is 1. The maximum Gasteiger partial charge on any atom is 0.224 e. The molecule has 10 heteroatoms. The molecular weight excluding hydrogens is 484 g/mol. The van der Waals surface area contributed by atoms with Crippen LogP contribution in [0.4, 0.5) is 17.5 Å². The summed E-state index contributed by atoms with van der Waals surface area (Å²) in [6, 6.07) is 7.06. The quantitative estimate of drug-likeness (QED) is 0.320. The maximum atomic E-state index is 12.8. The maximum absolute atomic E-state index is 12.8. The van der Waals surface area contributed by atoms with Crippen LogP contribution in [-0.2, 0) is 9.84 Å². The van der Waals surface area contributed by atoms with Crippen LogP contribution in [0, 0.1) is 0 Å². The van der Waals surface area contributed by atoms with Gasteiger partial charge in [0.1, 0.15) is 5.02 Å². The summed E-state index contributed by atoms with van der Waals surface area (Å²) in [7, 11) is -3.47. The van der Waals surface area contributed by atoms with Crippen LogP contribution >= 0.6 is 11.6 Å². The third-order valence-corrected chi connectivity index (χ3v) is 8.82. The van der Waals surface area contributed by atoms with E-state index >= 15 is 0 Å². The molecule has 0 aliphatic carbocycles. The smallest absolute Gasteiger partial charge is 0.224 e. The van der Waals surface area contributed by atoms with Crippen LogP contribution in [0.2, 0.25) is 5.02 Å². The number of hydrogen-bond acceptors (Lipinski definition) is 8. The summed E-state index contributed by atoms with van der Waals surface area (Å²) in [6.45, 7) is 7.30. The lowest BCUT2D eigenvalue weighted by Gasteiger charge is -2.33. The Kier molecular flexibility index (Phi) is 10.6. The Labute approximate surface area is 215 Å². The third-order valence-electron chi connectivity index (χ3n) is 6.33. The molecule has 2 heterocycles. The molecule has 194 valence electrons. The lowest BCUT2D eigenvalue weighted by molar-refractivity contribution is 0.211. The molecule has 0 radical (unpaired) electrons. The van der Waals surface area contributed by atoms with Crippen LogP contribution in [0.25, 0.3) is 0 Å². The molecule has 1 atom stereocenters. The van der Waals surface area contributed by atoms with Crippen molar-refractivity contribution < 1.29 is 8.42 Å². The molecule has 1 aliphatic heterocycles. The molecule has 1 unspecified atom stereocenters. The number of halogens is 1. The molecule has 4 N–H and O–H groups in total. The van der Waals surface area contributed by atoms with E-state index in [2.05, 4.69) is 25.5 Å². The Morgan fingerprint density at radius 1 is 1.17 bits per heavy atom. The molecule has 0 bridgehead atoms. The van der Waals surface area contributed by atoms with Gasteiger partial charge in [-0.05, 0) is 71.3 Å². The molecule has 2 aromatic rings. The van der Waals surface area contributed by atoms with Crippen molar-refractivity contribution in [1.29, 1.82) is 0 Å². The number of likely N-dealkylation sites (tertiary alicyclic amines) is 1. The molecule has 0 amide bonds. The predicted octanol–water partition coefficient (Wildman–Crippen LogP) is 4.84. The van der Waals surface area contributed by atoms with Crippen LogP contribution in [-0.4, -0.2) is 60.8 Å². The number of unbranched alkanes of at least 4 members (excludes halogenated alkanes) is 4. The summed E-state index contributed by atoms with van der Waals surface area (Å²) in [4.78, 5) is 11.7. The Bertz CT molecular complexity index is 1050. The molecule has 35 heavy (non-hydrogen) atoms. The van der Waals surface area contributed by atoms with Gasteiger partial charge in [-0.25, -0.2) is 13.4 Å². The van der Waals surface area contributed by atoms with Gasteiger partial charge in [-0.15, -0.1) is 0 Å². The highest BCUT2D eigenvalue weighted by Crippen LogP contribution is 2.30. The minimum absolute atomic E-state index is 0.227. The van der Waals surface area contributed by atoms with E-state index in [1.807, 2.05) is 0 Å². The molecule has 8 nitrogen and oxygen atoms in total. The van der Waals surface area contributed by atoms with E-state index in [4.69, 9.17) is 17.3 Å². The average molecular weight is 523 g/mol. The summed E-state index contributed by atoms with van der Waals surface area (Å²) < 4.78 is 25.6. The van der Waals surface area contributed by atoms with Gasteiger partial charge in [0.15, 0.2) is 15.7 Å². The van der Waals surface area contributed by atoms with E-state index in [9.17, 15) is 8.42 Å². The number of rotatable bonds is 13. The van der Waals surface area contributed by atoms with Gasteiger partial charge in [0, 0.05) is 12.6 Å². The lowest BCUT2D eigenvalue weighted by atomic mass is 10.0. The number of hydrogen-bond donors (Lipinski definition) is 3. The van der Waals surface area contributed by atoms with Gasteiger partial charge in [-0.2, -0.15) is 4.98 Å². The summed E-state index contributed by atoms with van der Waals surface area (Å²) in [5.74, 6) is 0.857. The first-order valence-corrected chi connectivity index (χ1v) is 14.5. The Morgan fingerprint density at radius 2 is 1.91 bits per heavy atom. The highest BCUT2D eigenvalue weighted by atomic mass is 35.5. The van der Waals surface area contributed by atoms with Gasteiger partial charge < -0.3 is 21.3 Å². The summed E-state index contributed by atoms with van der Waals surface area (Å²) in [5, 5.41) is 6.36. The van der Waals surface area contributed by atoms with Crippen LogP contribution in [0.3, 0.4) is 0 Å². The fourth-order valence-electron chi connectivity index (χ4n) is 4.29. The number of anilines is 3. The monoisotopic (exact) mass is 522 g/mol. The molecule has 1 aromatic heterocycles.